The molecule has 0 aromatic carbocycles. The van der Waals surface area contributed by atoms with E-state index >= 15 is 0 Å². The Hall–Kier alpha value is -2.88. The third-order valence-electron chi connectivity index (χ3n) is 4.39. The quantitative estimate of drug-likeness (QED) is 0.578. The Balaban J connectivity index is 1.78. The van der Waals surface area contributed by atoms with E-state index in [2.05, 4.69) is 25.7 Å². The van der Waals surface area contributed by atoms with Gasteiger partial charge in [-0.1, -0.05) is 6.42 Å². The molecule has 0 radical (unpaired) electrons. The molecule has 1 unspecified atom stereocenters. The Morgan fingerprint density at radius 3 is 2.89 bits per heavy atom. The number of hydrogen-bond donors (Lipinski definition) is 2. The standard InChI is InChI=1S/C17H22N6O4/c1-10-9-13(20-16(26)15(25)18-7-8-27-2)23(22-10)17-19-12-6-4-3-5-11(12)14(24)21-17/h9,11H,3-8H2,1-2H3,(H,18,25)(H,20,26). The maximum atomic E-state index is 12.3. The number of ether oxygens (including phenoxy) is 1. The van der Waals surface area contributed by atoms with E-state index in [4.69, 9.17) is 4.74 Å². The maximum Gasteiger partial charge on any atom is 0.314 e. The Morgan fingerprint density at radius 2 is 2.11 bits per heavy atom. The molecule has 0 bridgehead atoms. The van der Waals surface area contributed by atoms with Crippen LogP contribution in [0.3, 0.4) is 0 Å². The number of carbonyl (C=O) groups excluding carboxylic acids is 3. The highest BCUT2D eigenvalue weighted by Gasteiger charge is 2.32. The van der Waals surface area contributed by atoms with Gasteiger partial charge >= 0.3 is 11.8 Å². The summed E-state index contributed by atoms with van der Waals surface area (Å²) in [5.41, 5.74) is 1.39. The summed E-state index contributed by atoms with van der Waals surface area (Å²) in [7, 11) is 1.50. The van der Waals surface area contributed by atoms with Gasteiger partial charge in [-0.25, -0.2) is 4.99 Å². The van der Waals surface area contributed by atoms with Gasteiger partial charge in [0.2, 0.25) is 0 Å². The van der Waals surface area contributed by atoms with Gasteiger partial charge in [0, 0.05) is 25.4 Å². The van der Waals surface area contributed by atoms with Gasteiger partial charge < -0.3 is 15.4 Å². The number of amides is 3. The highest BCUT2D eigenvalue weighted by molar-refractivity contribution is 6.39. The van der Waals surface area contributed by atoms with Gasteiger partial charge in [0.1, 0.15) is 5.82 Å². The van der Waals surface area contributed by atoms with Crippen LogP contribution >= 0.6 is 0 Å². The fourth-order valence-electron chi connectivity index (χ4n) is 3.08. The van der Waals surface area contributed by atoms with Crippen molar-refractivity contribution >= 4 is 35.2 Å². The summed E-state index contributed by atoms with van der Waals surface area (Å²) in [5.74, 6) is -1.79. The molecule has 1 fully saturated rings. The van der Waals surface area contributed by atoms with Crippen LogP contribution in [0, 0.1) is 12.8 Å². The van der Waals surface area contributed by atoms with E-state index in [1.165, 1.54) is 11.8 Å². The summed E-state index contributed by atoms with van der Waals surface area (Å²) < 4.78 is 6.11. The van der Waals surface area contributed by atoms with E-state index in [1.807, 2.05) is 0 Å². The molecular formula is C17H22N6O4. The molecule has 1 aliphatic carbocycles. The summed E-state index contributed by atoms with van der Waals surface area (Å²) >= 11 is 0. The summed E-state index contributed by atoms with van der Waals surface area (Å²) in [6.07, 6.45) is 3.48. The monoisotopic (exact) mass is 374 g/mol. The second-order valence-electron chi connectivity index (χ2n) is 6.44. The average Bonchev–Trinajstić information content (AvgIpc) is 3.02. The van der Waals surface area contributed by atoms with Gasteiger partial charge in [-0.05, 0) is 26.2 Å². The maximum absolute atomic E-state index is 12.3. The molecule has 1 aromatic rings. The molecule has 2 heterocycles. The van der Waals surface area contributed by atoms with Gasteiger partial charge in [-0.2, -0.15) is 14.8 Å². The van der Waals surface area contributed by atoms with E-state index in [0.717, 1.165) is 31.4 Å². The topological polar surface area (TPSA) is 127 Å². The molecule has 0 saturated heterocycles. The normalized spacial score (nSPS) is 19.0. The van der Waals surface area contributed by atoms with E-state index < -0.39 is 11.8 Å². The van der Waals surface area contributed by atoms with Crippen LogP contribution in [0.1, 0.15) is 31.4 Å². The Kier molecular flexibility index (Phi) is 5.75. The number of nitrogens with zero attached hydrogens (tertiary/aromatic N) is 4. The number of anilines is 1. The smallest absolute Gasteiger partial charge is 0.314 e. The minimum absolute atomic E-state index is 0.108. The molecule has 1 saturated carbocycles. The molecule has 2 aliphatic rings. The van der Waals surface area contributed by atoms with Crippen LogP contribution in [0.2, 0.25) is 0 Å². The third kappa shape index (κ3) is 4.27. The summed E-state index contributed by atoms with van der Waals surface area (Å²) in [5, 5.41) is 9.18. The number of fused-ring (bicyclic) bond motifs is 1. The molecule has 27 heavy (non-hydrogen) atoms. The first-order valence-corrected chi connectivity index (χ1v) is 8.84. The van der Waals surface area contributed by atoms with E-state index in [-0.39, 0.29) is 30.1 Å². The first-order valence-electron chi connectivity index (χ1n) is 8.84. The molecule has 3 amide bonds. The Morgan fingerprint density at radius 1 is 1.30 bits per heavy atom. The Bertz CT molecular complexity index is 825. The fourth-order valence-corrected chi connectivity index (χ4v) is 3.08. The van der Waals surface area contributed by atoms with Crippen LogP contribution in [-0.2, 0) is 19.1 Å². The predicted octanol–water partition coefficient (Wildman–Crippen LogP) is 0.268. The van der Waals surface area contributed by atoms with E-state index in [0.29, 0.717) is 12.3 Å². The summed E-state index contributed by atoms with van der Waals surface area (Å²) in [6.45, 7) is 2.25. The molecule has 1 atom stereocenters. The molecule has 144 valence electrons. The van der Waals surface area contributed by atoms with Gasteiger partial charge in [0.05, 0.1) is 18.2 Å². The first-order chi connectivity index (χ1) is 13.0. The largest absolute Gasteiger partial charge is 0.383 e. The van der Waals surface area contributed by atoms with Crippen LogP contribution in [0.5, 0.6) is 0 Å². The zero-order valence-electron chi connectivity index (χ0n) is 15.3. The van der Waals surface area contributed by atoms with Gasteiger partial charge in [-0.3, -0.25) is 14.4 Å². The van der Waals surface area contributed by atoms with Gasteiger partial charge in [-0.15, -0.1) is 0 Å². The fraction of sp³-hybridized carbons (Fsp3) is 0.529. The minimum atomic E-state index is -0.849. The zero-order chi connectivity index (χ0) is 19.4. The lowest BCUT2D eigenvalue weighted by molar-refractivity contribution is -0.136. The van der Waals surface area contributed by atoms with Crippen molar-refractivity contribution in [3.05, 3.63) is 11.8 Å². The highest BCUT2D eigenvalue weighted by atomic mass is 16.5. The number of aromatic nitrogens is 2. The number of methoxy groups -OCH3 is 1. The molecular weight excluding hydrogens is 352 g/mol. The van der Waals surface area contributed by atoms with Crippen molar-refractivity contribution < 1.29 is 19.1 Å². The van der Waals surface area contributed by atoms with Crippen LogP contribution in [0.25, 0.3) is 0 Å². The third-order valence-corrected chi connectivity index (χ3v) is 4.39. The molecule has 3 rings (SSSR count). The van der Waals surface area contributed by atoms with Gasteiger partial charge in [0.15, 0.2) is 0 Å². The lowest BCUT2D eigenvalue weighted by Gasteiger charge is -2.24. The molecule has 2 N–H and O–H groups in total. The van der Waals surface area contributed by atoms with Crippen LogP contribution in [0.15, 0.2) is 16.1 Å². The van der Waals surface area contributed by atoms with Crippen molar-refractivity contribution in [1.29, 1.82) is 0 Å². The highest BCUT2D eigenvalue weighted by Crippen LogP contribution is 2.26. The number of aryl methyl sites for hydroxylation is 1. The number of aliphatic imine (C=N–C) groups is 2. The molecule has 10 nitrogen and oxygen atoms in total. The van der Waals surface area contributed by atoms with Crippen molar-refractivity contribution in [3.63, 3.8) is 0 Å². The lowest BCUT2D eigenvalue weighted by atomic mass is 9.86. The van der Waals surface area contributed by atoms with Crippen molar-refractivity contribution in [2.75, 3.05) is 25.6 Å². The first kappa shape index (κ1) is 18.9. The van der Waals surface area contributed by atoms with Crippen molar-refractivity contribution in [3.8, 4) is 0 Å². The number of carbonyl (C=O) groups is 3. The second kappa shape index (κ2) is 8.21. The molecule has 0 spiro atoms. The van der Waals surface area contributed by atoms with Crippen LogP contribution in [-0.4, -0.2) is 59.4 Å². The average molecular weight is 374 g/mol. The van der Waals surface area contributed by atoms with Crippen molar-refractivity contribution in [2.24, 2.45) is 15.9 Å². The lowest BCUT2D eigenvalue weighted by Crippen LogP contribution is -2.38. The summed E-state index contributed by atoms with van der Waals surface area (Å²) in [6, 6.07) is 1.58. The predicted molar refractivity (Wildman–Crippen MR) is 97.7 cm³/mol. The Labute approximate surface area is 156 Å². The van der Waals surface area contributed by atoms with Crippen molar-refractivity contribution in [2.45, 2.75) is 32.6 Å². The summed E-state index contributed by atoms with van der Waals surface area (Å²) in [4.78, 5) is 44.8. The second-order valence-corrected chi connectivity index (χ2v) is 6.44. The van der Waals surface area contributed by atoms with Crippen LogP contribution in [0.4, 0.5) is 5.82 Å². The minimum Gasteiger partial charge on any atom is -0.383 e. The van der Waals surface area contributed by atoms with Crippen LogP contribution < -0.4 is 10.6 Å². The molecule has 10 heteroatoms. The zero-order valence-corrected chi connectivity index (χ0v) is 15.3. The molecule has 1 aliphatic heterocycles. The van der Waals surface area contributed by atoms with E-state index in [1.54, 1.807) is 13.0 Å². The number of rotatable bonds is 4. The SMILES string of the molecule is COCCNC(=O)C(=O)Nc1cc(C)nn1C1=NC(=O)C2CCCCC2=N1. The van der Waals surface area contributed by atoms with Crippen molar-refractivity contribution in [1.82, 2.24) is 15.1 Å². The number of nitrogens with one attached hydrogen (secondary N) is 2. The number of hydrogen-bond acceptors (Lipinski definition) is 6. The van der Waals surface area contributed by atoms with E-state index in [9.17, 15) is 14.4 Å². The van der Waals surface area contributed by atoms with Gasteiger partial charge in [0.25, 0.3) is 11.9 Å². The molecule has 1 aromatic heterocycles.